The van der Waals surface area contributed by atoms with E-state index in [1.54, 1.807) is 0 Å². The number of nitrogens with one attached hydrogen (secondary N) is 3. The molecule has 0 spiro atoms. The maximum absolute atomic E-state index is 13.9. The summed E-state index contributed by atoms with van der Waals surface area (Å²) in [5, 5.41) is 4.98. The minimum Gasteiger partial charge on any atom is -0.345 e. The van der Waals surface area contributed by atoms with E-state index in [-0.39, 0.29) is 30.5 Å². The third-order valence-corrected chi connectivity index (χ3v) is 3.97. The second-order valence-corrected chi connectivity index (χ2v) is 6.34. The van der Waals surface area contributed by atoms with Crippen LogP contribution in [0.25, 0.3) is 6.08 Å². The number of aromatic nitrogens is 2. The van der Waals surface area contributed by atoms with Crippen LogP contribution in [0.2, 0.25) is 0 Å². The van der Waals surface area contributed by atoms with Gasteiger partial charge in [0.25, 0.3) is 5.91 Å². The second kappa shape index (κ2) is 7.07. The van der Waals surface area contributed by atoms with Gasteiger partial charge in [-0.15, -0.1) is 0 Å². The highest BCUT2D eigenvalue weighted by atomic mass is 19.1. The Balaban J connectivity index is 1.93. The summed E-state index contributed by atoms with van der Waals surface area (Å²) >= 11 is 0. The van der Waals surface area contributed by atoms with E-state index in [2.05, 4.69) is 20.6 Å². The molecule has 0 bridgehead atoms. The molecular weight excluding hydrogens is 342 g/mol. The number of hydrogen-bond donors (Lipinski definition) is 3. The fourth-order valence-corrected chi connectivity index (χ4v) is 2.68. The van der Waals surface area contributed by atoms with Gasteiger partial charge in [0.2, 0.25) is 5.91 Å². The summed E-state index contributed by atoms with van der Waals surface area (Å²) in [5.41, 5.74) is 1.65. The molecule has 2 aromatic rings. The first-order valence-electron chi connectivity index (χ1n) is 8.16. The molecule has 1 saturated heterocycles. The molecular formula is C18H18F2N4O2. The van der Waals surface area contributed by atoms with Gasteiger partial charge in [-0.25, -0.2) is 13.8 Å². The number of aromatic amines is 1. The summed E-state index contributed by atoms with van der Waals surface area (Å²) in [4.78, 5) is 30.9. The highest BCUT2D eigenvalue weighted by Crippen LogP contribution is 2.22. The molecule has 3 rings (SSSR count). The first-order valence-corrected chi connectivity index (χ1v) is 8.16. The Morgan fingerprint density at radius 2 is 2.04 bits per heavy atom. The molecule has 1 fully saturated rings. The number of hydrogen-bond acceptors (Lipinski definition) is 3. The molecule has 3 N–H and O–H groups in total. The molecule has 0 atom stereocenters. The molecule has 136 valence electrons. The normalized spacial score (nSPS) is 16.1. The monoisotopic (exact) mass is 360 g/mol. The Hall–Kier alpha value is -3.03. The van der Waals surface area contributed by atoms with Gasteiger partial charge in [0.15, 0.2) is 0 Å². The van der Waals surface area contributed by atoms with E-state index in [0.29, 0.717) is 17.1 Å². The Morgan fingerprint density at radius 1 is 1.27 bits per heavy atom. The largest absolute Gasteiger partial charge is 0.345 e. The van der Waals surface area contributed by atoms with Crippen LogP contribution in [0, 0.1) is 11.6 Å². The zero-order chi connectivity index (χ0) is 18.8. The smallest absolute Gasteiger partial charge is 0.268 e. The number of halogens is 2. The molecule has 1 aromatic carbocycles. The summed E-state index contributed by atoms with van der Waals surface area (Å²) in [6, 6.07) is 3.39. The first kappa shape index (κ1) is 17.8. The predicted molar refractivity (Wildman–Crippen MR) is 91.0 cm³/mol. The van der Waals surface area contributed by atoms with Gasteiger partial charge in [-0.1, -0.05) is 19.9 Å². The van der Waals surface area contributed by atoms with Crippen LogP contribution >= 0.6 is 0 Å². The Labute approximate surface area is 148 Å². The molecule has 0 radical (unpaired) electrons. The van der Waals surface area contributed by atoms with E-state index >= 15 is 0 Å². The molecule has 0 aliphatic carbocycles. The van der Waals surface area contributed by atoms with E-state index in [0.717, 1.165) is 11.8 Å². The van der Waals surface area contributed by atoms with Crippen molar-refractivity contribution in [1.82, 2.24) is 20.6 Å². The minimum atomic E-state index is -0.647. The summed E-state index contributed by atoms with van der Waals surface area (Å²) in [5.74, 6) is -1.46. The third kappa shape index (κ3) is 3.79. The fourth-order valence-electron chi connectivity index (χ4n) is 2.68. The predicted octanol–water partition coefficient (Wildman–Crippen LogP) is 1.99. The average molecular weight is 360 g/mol. The van der Waals surface area contributed by atoms with Crippen LogP contribution in [0.3, 0.4) is 0 Å². The standard InChI is InChI=1S/C18H18F2N4O2/c1-9(2)17-13(7-14-18(26)21-8-16(25)23-14)22-15(24-17)5-10-3-4-11(19)6-12(10)20/h3-4,6-7,9H,5,8H2,1-2H3,(H,21,26)(H,22,24)(H,23,25). The summed E-state index contributed by atoms with van der Waals surface area (Å²) in [7, 11) is 0. The summed E-state index contributed by atoms with van der Waals surface area (Å²) in [6.45, 7) is 3.82. The molecule has 2 amide bonds. The third-order valence-electron chi connectivity index (χ3n) is 3.97. The van der Waals surface area contributed by atoms with Gasteiger partial charge in [0, 0.05) is 18.2 Å². The van der Waals surface area contributed by atoms with Crippen LogP contribution in [0.5, 0.6) is 0 Å². The zero-order valence-electron chi connectivity index (χ0n) is 14.3. The van der Waals surface area contributed by atoms with Gasteiger partial charge in [0.05, 0.1) is 12.2 Å². The number of benzene rings is 1. The zero-order valence-corrected chi connectivity index (χ0v) is 14.3. The molecule has 1 aliphatic rings. The van der Waals surface area contributed by atoms with Crippen molar-refractivity contribution in [3.63, 3.8) is 0 Å². The average Bonchev–Trinajstić information content (AvgIpc) is 2.96. The lowest BCUT2D eigenvalue weighted by atomic mass is 10.1. The second-order valence-electron chi connectivity index (χ2n) is 6.34. The van der Waals surface area contributed by atoms with Gasteiger partial charge in [0.1, 0.15) is 23.2 Å². The van der Waals surface area contributed by atoms with Crippen LogP contribution in [0.1, 0.15) is 42.5 Å². The van der Waals surface area contributed by atoms with Gasteiger partial charge in [-0.05, 0) is 23.6 Å². The first-order chi connectivity index (χ1) is 12.3. The van der Waals surface area contributed by atoms with Crippen LogP contribution in [0.4, 0.5) is 8.78 Å². The van der Waals surface area contributed by atoms with E-state index in [1.165, 1.54) is 18.2 Å². The van der Waals surface area contributed by atoms with E-state index in [1.807, 2.05) is 13.8 Å². The van der Waals surface area contributed by atoms with Crippen molar-refractivity contribution in [2.24, 2.45) is 0 Å². The lowest BCUT2D eigenvalue weighted by Gasteiger charge is -2.15. The minimum absolute atomic E-state index is 0.0588. The highest BCUT2D eigenvalue weighted by Gasteiger charge is 2.21. The number of rotatable bonds is 4. The van der Waals surface area contributed by atoms with Crippen LogP contribution in [0.15, 0.2) is 23.9 Å². The molecule has 8 heteroatoms. The maximum Gasteiger partial charge on any atom is 0.268 e. The lowest BCUT2D eigenvalue weighted by molar-refractivity contribution is -0.127. The van der Waals surface area contributed by atoms with Crippen molar-refractivity contribution >= 4 is 17.9 Å². The van der Waals surface area contributed by atoms with Crippen molar-refractivity contribution in [2.45, 2.75) is 26.2 Å². The Morgan fingerprint density at radius 3 is 2.73 bits per heavy atom. The number of imidazole rings is 1. The van der Waals surface area contributed by atoms with Crippen molar-refractivity contribution < 1.29 is 18.4 Å². The van der Waals surface area contributed by atoms with Crippen molar-refractivity contribution in [2.75, 3.05) is 6.54 Å². The van der Waals surface area contributed by atoms with Crippen molar-refractivity contribution in [1.29, 1.82) is 0 Å². The number of piperazine rings is 1. The van der Waals surface area contributed by atoms with Gasteiger partial charge in [-0.3, -0.25) is 9.59 Å². The van der Waals surface area contributed by atoms with E-state index < -0.39 is 17.5 Å². The van der Waals surface area contributed by atoms with E-state index in [4.69, 9.17) is 0 Å². The molecule has 1 aliphatic heterocycles. The Bertz CT molecular complexity index is 903. The SMILES string of the molecule is CC(C)c1[nH]c(Cc2ccc(F)cc2F)nc1C=C1NC(=O)CNC1=O. The number of amides is 2. The lowest BCUT2D eigenvalue weighted by Crippen LogP contribution is -2.46. The Kier molecular flexibility index (Phi) is 4.83. The van der Waals surface area contributed by atoms with Crippen molar-refractivity contribution in [3.8, 4) is 0 Å². The van der Waals surface area contributed by atoms with E-state index in [9.17, 15) is 18.4 Å². The molecule has 6 nitrogen and oxygen atoms in total. The summed E-state index contributed by atoms with van der Waals surface area (Å²) < 4.78 is 26.9. The molecule has 0 saturated carbocycles. The van der Waals surface area contributed by atoms with Crippen LogP contribution < -0.4 is 10.6 Å². The molecule has 0 unspecified atom stereocenters. The number of carbonyl (C=O) groups is 2. The number of nitrogens with zero attached hydrogens (tertiary/aromatic N) is 1. The number of carbonyl (C=O) groups excluding carboxylic acids is 2. The molecule has 1 aromatic heterocycles. The topological polar surface area (TPSA) is 86.9 Å². The summed E-state index contributed by atoms with van der Waals surface area (Å²) in [6.07, 6.45) is 1.64. The highest BCUT2D eigenvalue weighted by molar-refractivity contribution is 6.05. The van der Waals surface area contributed by atoms with Crippen molar-refractivity contribution in [3.05, 3.63) is 58.3 Å². The van der Waals surface area contributed by atoms with Gasteiger partial charge >= 0.3 is 0 Å². The maximum atomic E-state index is 13.9. The quantitative estimate of drug-likeness (QED) is 0.729. The van der Waals surface area contributed by atoms with Gasteiger partial charge in [-0.2, -0.15) is 0 Å². The van der Waals surface area contributed by atoms with Crippen LogP contribution in [-0.2, 0) is 16.0 Å². The number of H-pyrrole nitrogens is 1. The molecule has 26 heavy (non-hydrogen) atoms. The van der Waals surface area contributed by atoms with Crippen LogP contribution in [-0.4, -0.2) is 28.3 Å². The van der Waals surface area contributed by atoms with Gasteiger partial charge < -0.3 is 15.6 Å². The molecule has 2 heterocycles. The fraction of sp³-hybridized carbons (Fsp3) is 0.278.